The molecule has 1 aromatic carbocycles. The van der Waals surface area contributed by atoms with Crippen LogP contribution in [-0.4, -0.2) is 55.8 Å². The number of carbonyl (C=O) groups is 1. The maximum absolute atomic E-state index is 11.8. The van der Waals surface area contributed by atoms with Crippen LogP contribution in [0.25, 0.3) is 10.2 Å². The molecular formula is C25H31N5O3S. The van der Waals surface area contributed by atoms with Crippen LogP contribution in [0, 0.1) is 5.41 Å². The van der Waals surface area contributed by atoms with Crippen molar-refractivity contribution in [3.8, 4) is 5.88 Å². The lowest BCUT2D eigenvalue weighted by atomic mass is 9.76. The second kappa shape index (κ2) is 9.02. The molecule has 9 heteroatoms. The molecule has 3 heterocycles. The van der Waals surface area contributed by atoms with Gasteiger partial charge in [-0.3, -0.25) is 4.98 Å². The number of rotatable bonds is 5. The van der Waals surface area contributed by atoms with Crippen molar-refractivity contribution in [2.75, 3.05) is 11.9 Å². The van der Waals surface area contributed by atoms with Gasteiger partial charge in [0.1, 0.15) is 11.8 Å². The SMILES string of the molecule is CC(C)(C)C1CC(c2nccnc2OC2CC(Nc3nc4ccccc4s3)C2)CCN1C(=O)O. The zero-order chi connectivity index (χ0) is 23.9. The number of thiazole rings is 1. The van der Waals surface area contributed by atoms with E-state index in [0.29, 0.717) is 18.5 Å². The fraction of sp³-hybridized carbons (Fsp3) is 0.520. The number of nitrogens with zero attached hydrogens (tertiary/aromatic N) is 4. The number of nitrogens with one attached hydrogen (secondary N) is 1. The van der Waals surface area contributed by atoms with Crippen LogP contribution >= 0.6 is 11.3 Å². The third-order valence-electron chi connectivity index (χ3n) is 6.92. The minimum atomic E-state index is -0.852. The third kappa shape index (κ3) is 4.66. The summed E-state index contributed by atoms with van der Waals surface area (Å²) < 4.78 is 7.48. The van der Waals surface area contributed by atoms with E-state index in [1.54, 1.807) is 28.6 Å². The summed E-state index contributed by atoms with van der Waals surface area (Å²) in [6, 6.07) is 8.41. The first-order chi connectivity index (χ1) is 16.3. The highest BCUT2D eigenvalue weighted by atomic mass is 32.1. The van der Waals surface area contributed by atoms with Crippen LogP contribution in [-0.2, 0) is 0 Å². The van der Waals surface area contributed by atoms with Crippen molar-refractivity contribution in [1.29, 1.82) is 0 Å². The molecule has 180 valence electrons. The maximum atomic E-state index is 11.8. The van der Waals surface area contributed by atoms with E-state index < -0.39 is 6.09 Å². The molecule has 2 aliphatic rings. The summed E-state index contributed by atoms with van der Waals surface area (Å²) in [5.41, 5.74) is 1.71. The Morgan fingerprint density at radius 1 is 1.18 bits per heavy atom. The Labute approximate surface area is 203 Å². The fourth-order valence-corrected chi connectivity index (χ4v) is 5.96. The van der Waals surface area contributed by atoms with Crippen molar-refractivity contribution < 1.29 is 14.6 Å². The summed E-state index contributed by atoms with van der Waals surface area (Å²) in [7, 11) is 0. The van der Waals surface area contributed by atoms with Gasteiger partial charge in [0, 0.05) is 49.8 Å². The average Bonchev–Trinajstić information content (AvgIpc) is 3.19. The fourth-order valence-electron chi connectivity index (χ4n) is 5.02. The zero-order valence-corrected chi connectivity index (χ0v) is 20.6. The second-order valence-corrected chi connectivity index (χ2v) is 11.4. The summed E-state index contributed by atoms with van der Waals surface area (Å²) in [4.78, 5) is 27.2. The van der Waals surface area contributed by atoms with Gasteiger partial charge in [0.05, 0.1) is 10.2 Å². The molecule has 3 aromatic rings. The number of benzene rings is 1. The minimum absolute atomic E-state index is 0.0790. The molecule has 1 aliphatic carbocycles. The molecule has 0 radical (unpaired) electrons. The molecule has 2 N–H and O–H groups in total. The molecule has 0 bridgehead atoms. The van der Waals surface area contributed by atoms with Crippen molar-refractivity contribution >= 4 is 32.8 Å². The Bertz CT molecular complexity index is 1140. The number of aromatic nitrogens is 3. The monoisotopic (exact) mass is 481 g/mol. The van der Waals surface area contributed by atoms with E-state index in [1.807, 2.05) is 18.2 Å². The highest BCUT2D eigenvalue weighted by Crippen LogP contribution is 2.41. The van der Waals surface area contributed by atoms with Crippen LogP contribution in [0.4, 0.5) is 9.93 Å². The van der Waals surface area contributed by atoms with Gasteiger partial charge in [-0.25, -0.2) is 14.8 Å². The highest BCUT2D eigenvalue weighted by Gasteiger charge is 2.41. The lowest BCUT2D eigenvalue weighted by Gasteiger charge is -2.44. The van der Waals surface area contributed by atoms with Gasteiger partial charge in [-0.15, -0.1) is 0 Å². The predicted molar refractivity (Wildman–Crippen MR) is 133 cm³/mol. The predicted octanol–water partition coefficient (Wildman–Crippen LogP) is 5.38. The molecule has 5 rings (SSSR count). The van der Waals surface area contributed by atoms with Crippen molar-refractivity contribution in [3.63, 3.8) is 0 Å². The van der Waals surface area contributed by atoms with Gasteiger partial charge in [0.25, 0.3) is 0 Å². The van der Waals surface area contributed by atoms with Gasteiger partial charge in [-0.1, -0.05) is 44.2 Å². The van der Waals surface area contributed by atoms with Crippen molar-refractivity contribution in [3.05, 3.63) is 42.4 Å². The van der Waals surface area contributed by atoms with E-state index in [1.165, 1.54) is 4.70 Å². The number of piperidine rings is 1. The smallest absolute Gasteiger partial charge is 0.407 e. The molecule has 1 aliphatic heterocycles. The largest absolute Gasteiger partial charge is 0.473 e. The highest BCUT2D eigenvalue weighted by molar-refractivity contribution is 7.22. The standard InChI is InChI=1S/C25H31N5O3S/c1-25(2,3)20-12-15(8-11-30(20)24(31)32)21-22(27-10-9-26-21)33-17-13-16(14-17)28-23-29-18-6-4-5-7-19(18)34-23/h4-7,9-10,15-17,20H,8,11-14H2,1-3H3,(H,28,29)(H,31,32). The molecule has 1 saturated carbocycles. The van der Waals surface area contributed by atoms with E-state index in [-0.39, 0.29) is 23.5 Å². The summed E-state index contributed by atoms with van der Waals surface area (Å²) >= 11 is 1.67. The van der Waals surface area contributed by atoms with E-state index in [4.69, 9.17) is 4.74 Å². The minimum Gasteiger partial charge on any atom is -0.473 e. The van der Waals surface area contributed by atoms with Gasteiger partial charge < -0.3 is 20.1 Å². The zero-order valence-electron chi connectivity index (χ0n) is 19.8. The molecule has 1 amide bonds. The number of amides is 1. The summed E-state index contributed by atoms with van der Waals surface area (Å²) in [5, 5.41) is 14.2. The molecular weight excluding hydrogens is 450 g/mol. The Balaban J connectivity index is 1.22. The van der Waals surface area contributed by atoms with Gasteiger partial charge >= 0.3 is 6.09 Å². The van der Waals surface area contributed by atoms with Gasteiger partial charge in [-0.05, 0) is 30.4 Å². The van der Waals surface area contributed by atoms with Crippen LogP contribution in [0.15, 0.2) is 36.7 Å². The first-order valence-electron chi connectivity index (χ1n) is 11.9. The Morgan fingerprint density at radius 2 is 1.94 bits per heavy atom. The molecule has 2 atom stereocenters. The summed E-state index contributed by atoms with van der Waals surface area (Å²) in [6.45, 7) is 6.78. The van der Waals surface area contributed by atoms with Crippen LogP contribution in [0.3, 0.4) is 0 Å². The number of anilines is 1. The van der Waals surface area contributed by atoms with Crippen LogP contribution in [0.2, 0.25) is 0 Å². The second-order valence-electron chi connectivity index (χ2n) is 10.4. The molecule has 2 unspecified atom stereocenters. The number of likely N-dealkylation sites (tertiary alicyclic amines) is 1. The number of hydrogen-bond donors (Lipinski definition) is 2. The summed E-state index contributed by atoms with van der Waals surface area (Å²) in [6.07, 6.45) is 5.81. The van der Waals surface area contributed by atoms with Crippen molar-refractivity contribution in [2.45, 2.75) is 70.6 Å². The van der Waals surface area contributed by atoms with Crippen LogP contribution in [0.1, 0.15) is 58.1 Å². The van der Waals surface area contributed by atoms with E-state index in [2.05, 4.69) is 47.1 Å². The first kappa shape index (κ1) is 22.8. The Kier molecular flexibility index (Phi) is 6.06. The maximum Gasteiger partial charge on any atom is 0.407 e. The number of para-hydroxylation sites is 1. The lowest BCUT2D eigenvalue weighted by molar-refractivity contribution is 0.0504. The molecule has 1 saturated heterocycles. The van der Waals surface area contributed by atoms with Crippen molar-refractivity contribution in [2.24, 2.45) is 5.41 Å². The van der Waals surface area contributed by atoms with Gasteiger partial charge in [0.2, 0.25) is 5.88 Å². The normalized spacial score (nSPS) is 25.1. The number of ether oxygens (including phenoxy) is 1. The number of carboxylic acid groups (broad SMARTS) is 1. The van der Waals surface area contributed by atoms with Crippen molar-refractivity contribution in [1.82, 2.24) is 19.9 Å². The van der Waals surface area contributed by atoms with Crippen LogP contribution < -0.4 is 10.1 Å². The summed E-state index contributed by atoms with van der Waals surface area (Å²) in [5.74, 6) is 0.715. The molecule has 8 nitrogen and oxygen atoms in total. The molecule has 2 aromatic heterocycles. The quantitative estimate of drug-likeness (QED) is 0.504. The Hall–Kier alpha value is -2.94. The number of fused-ring (bicyclic) bond motifs is 1. The van der Waals surface area contributed by atoms with Crippen LogP contribution in [0.5, 0.6) is 5.88 Å². The molecule has 34 heavy (non-hydrogen) atoms. The topological polar surface area (TPSA) is 100 Å². The number of hydrogen-bond acceptors (Lipinski definition) is 7. The van der Waals surface area contributed by atoms with E-state index >= 15 is 0 Å². The van der Waals surface area contributed by atoms with Gasteiger partial charge in [0.15, 0.2) is 5.13 Å². The van der Waals surface area contributed by atoms with Gasteiger partial charge in [-0.2, -0.15) is 0 Å². The average molecular weight is 482 g/mol. The molecule has 0 spiro atoms. The lowest BCUT2D eigenvalue weighted by Crippen LogP contribution is -2.51. The third-order valence-corrected chi connectivity index (χ3v) is 7.89. The van der Waals surface area contributed by atoms with E-state index in [0.717, 1.165) is 42.0 Å². The molecule has 2 fully saturated rings. The Morgan fingerprint density at radius 3 is 2.68 bits per heavy atom. The first-order valence-corrected chi connectivity index (χ1v) is 12.7. The van der Waals surface area contributed by atoms with E-state index in [9.17, 15) is 9.90 Å².